The van der Waals surface area contributed by atoms with Crippen LogP contribution in [-0.4, -0.2) is 49.5 Å². The molecular formula is C13H19NO6. The zero-order valence-corrected chi connectivity index (χ0v) is 11.5. The van der Waals surface area contributed by atoms with Gasteiger partial charge in [0.05, 0.1) is 13.7 Å². The Bertz CT molecular complexity index is 392. The van der Waals surface area contributed by atoms with Crippen LogP contribution in [0, 0.1) is 0 Å². The number of rotatable bonds is 6. The van der Waals surface area contributed by atoms with Crippen LogP contribution in [0.25, 0.3) is 0 Å². The van der Waals surface area contributed by atoms with Gasteiger partial charge in [-0.05, 0) is 17.7 Å². The Labute approximate surface area is 117 Å². The number of benzene rings is 1. The molecule has 7 nitrogen and oxygen atoms in total. The molecular weight excluding hydrogens is 266 g/mol. The van der Waals surface area contributed by atoms with Gasteiger partial charge in [0.25, 0.3) is 0 Å². The summed E-state index contributed by atoms with van der Waals surface area (Å²) in [5.41, 5.74) is 1.25. The fourth-order valence-corrected chi connectivity index (χ4v) is 1.15. The van der Waals surface area contributed by atoms with E-state index in [4.69, 9.17) is 29.3 Å². The van der Waals surface area contributed by atoms with E-state index in [-0.39, 0.29) is 0 Å². The van der Waals surface area contributed by atoms with Gasteiger partial charge in [-0.15, -0.1) is 0 Å². The average Bonchev–Trinajstić information content (AvgIpc) is 2.45. The topological polar surface area (TPSA) is 105 Å². The lowest BCUT2D eigenvalue weighted by atomic mass is 10.2. The molecule has 20 heavy (non-hydrogen) atoms. The second-order valence-electron chi connectivity index (χ2n) is 3.63. The molecule has 3 N–H and O–H groups in total. The van der Waals surface area contributed by atoms with Crippen LogP contribution in [0.15, 0.2) is 24.3 Å². The highest BCUT2D eigenvalue weighted by Crippen LogP contribution is 2.10. The highest BCUT2D eigenvalue weighted by atomic mass is 16.5. The molecule has 7 heteroatoms. The summed E-state index contributed by atoms with van der Waals surface area (Å²) < 4.78 is 10.0. The number of hydrogen-bond donors (Lipinski definition) is 3. The third-order valence-corrected chi connectivity index (χ3v) is 2.15. The van der Waals surface area contributed by atoms with Gasteiger partial charge in [0, 0.05) is 20.2 Å². The molecule has 0 unspecified atom stereocenters. The summed E-state index contributed by atoms with van der Waals surface area (Å²) in [6.07, 6.45) is 0. The van der Waals surface area contributed by atoms with Crippen molar-refractivity contribution in [3.63, 3.8) is 0 Å². The van der Waals surface area contributed by atoms with Crippen molar-refractivity contribution < 1.29 is 29.3 Å². The number of aliphatic carboxylic acids is 2. The van der Waals surface area contributed by atoms with E-state index >= 15 is 0 Å². The minimum absolute atomic E-state index is 0.746. The molecule has 0 bridgehead atoms. The van der Waals surface area contributed by atoms with Crippen LogP contribution < -0.4 is 10.1 Å². The molecule has 0 aliphatic rings. The van der Waals surface area contributed by atoms with E-state index in [0.717, 1.165) is 25.4 Å². The molecule has 1 aromatic rings. The van der Waals surface area contributed by atoms with Crippen molar-refractivity contribution in [1.29, 1.82) is 0 Å². The van der Waals surface area contributed by atoms with Gasteiger partial charge in [0.2, 0.25) is 0 Å². The molecule has 112 valence electrons. The number of carboxylic acids is 2. The molecule has 0 heterocycles. The number of methoxy groups -OCH3 is 2. The van der Waals surface area contributed by atoms with E-state index in [1.807, 2.05) is 12.1 Å². The maximum absolute atomic E-state index is 9.10. The zero-order chi connectivity index (χ0) is 15.4. The van der Waals surface area contributed by atoms with E-state index in [1.165, 1.54) is 5.56 Å². The first-order valence-electron chi connectivity index (χ1n) is 5.80. The highest BCUT2D eigenvalue weighted by Gasteiger charge is 2.04. The summed E-state index contributed by atoms with van der Waals surface area (Å²) in [4.78, 5) is 18.2. The van der Waals surface area contributed by atoms with Crippen molar-refractivity contribution >= 4 is 11.9 Å². The second kappa shape index (κ2) is 10.8. The molecule has 0 radical (unpaired) electrons. The molecule has 1 aromatic carbocycles. The minimum Gasteiger partial charge on any atom is -0.497 e. The molecule has 0 saturated carbocycles. The summed E-state index contributed by atoms with van der Waals surface area (Å²) in [5, 5.41) is 18.1. The predicted octanol–water partition coefficient (Wildman–Crippen LogP) is 0.587. The van der Waals surface area contributed by atoms with Gasteiger partial charge in [0.15, 0.2) is 0 Å². The first-order chi connectivity index (χ1) is 9.51. The van der Waals surface area contributed by atoms with Crippen LogP contribution in [0.2, 0.25) is 0 Å². The van der Waals surface area contributed by atoms with Gasteiger partial charge in [-0.3, -0.25) is 0 Å². The molecule has 0 fully saturated rings. The van der Waals surface area contributed by atoms with Crippen molar-refractivity contribution in [3.05, 3.63) is 29.8 Å². The molecule has 0 saturated heterocycles. The van der Waals surface area contributed by atoms with Gasteiger partial charge in [-0.25, -0.2) is 9.59 Å². The Kier molecular flexibility index (Phi) is 9.63. The third-order valence-electron chi connectivity index (χ3n) is 2.15. The van der Waals surface area contributed by atoms with Crippen LogP contribution in [0.4, 0.5) is 0 Å². The molecule has 0 spiro atoms. The summed E-state index contributed by atoms with van der Waals surface area (Å²) in [5.74, 6) is -2.75. The number of carbonyl (C=O) groups is 2. The molecule has 0 atom stereocenters. The molecule has 1 rings (SSSR count). The number of nitrogens with one attached hydrogen (secondary N) is 1. The quantitative estimate of drug-likeness (QED) is 0.519. The summed E-state index contributed by atoms with van der Waals surface area (Å²) in [7, 11) is 3.38. The Balaban J connectivity index is 0.000000511. The van der Waals surface area contributed by atoms with Gasteiger partial charge < -0.3 is 25.0 Å². The fourth-order valence-electron chi connectivity index (χ4n) is 1.15. The summed E-state index contributed by atoms with van der Waals surface area (Å²) in [6.45, 7) is 2.49. The molecule has 0 aliphatic carbocycles. The Morgan fingerprint density at radius 2 is 1.65 bits per heavy atom. The smallest absolute Gasteiger partial charge is 0.414 e. The van der Waals surface area contributed by atoms with Gasteiger partial charge in [-0.2, -0.15) is 0 Å². The maximum atomic E-state index is 9.10. The third kappa shape index (κ3) is 8.90. The Morgan fingerprint density at radius 1 is 1.10 bits per heavy atom. The molecule has 0 aromatic heterocycles. The van der Waals surface area contributed by atoms with Crippen LogP contribution in [0.5, 0.6) is 5.75 Å². The lowest BCUT2D eigenvalue weighted by Crippen LogP contribution is -2.18. The standard InChI is InChI=1S/C11H17NO2.C2H2O4/c1-13-8-7-12-9-10-3-5-11(14-2)6-4-10;3-1(4)2(5)6/h3-6,12H,7-9H2,1-2H3;(H,3,4)(H,5,6). The van der Waals surface area contributed by atoms with Crippen LogP contribution in [0.3, 0.4) is 0 Å². The van der Waals surface area contributed by atoms with Gasteiger partial charge in [-0.1, -0.05) is 12.1 Å². The summed E-state index contributed by atoms with van der Waals surface area (Å²) >= 11 is 0. The van der Waals surface area contributed by atoms with E-state index in [9.17, 15) is 0 Å². The SMILES string of the molecule is COCCNCc1ccc(OC)cc1.O=C(O)C(=O)O. The number of ether oxygens (including phenoxy) is 2. The van der Waals surface area contributed by atoms with Crippen molar-refractivity contribution in [2.75, 3.05) is 27.4 Å². The average molecular weight is 285 g/mol. The predicted molar refractivity (Wildman–Crippen MR) is 71.8 cm³/mol. The van der Waals surface area contributed by atoms with Crippen LogP contribution in [0.1, 0.15) is 5.56 Å². The Morgan fingerprint density at radius 3 is 2.05 bits per heavy atom. The maximum Gasteiger partial charge on any atom is 0.414 e. The van der Waals surface area contributed by atoms with E-state index in [0.29, 0.717) is 0 Å². The largest absolute Gasteiger partial charge is 0.497 e. The first-order valence-corrected chi connectivity index (χ1v) is 5.80. The number of carboxylic acid groups (broad SMARTS) is 2. The minimum atomic E-state index is -1.82. The summed E-state index contributed by atoms with van der Waals surface area (Å²) in [6, 6.07) is 8.04. The Hall–Kier alpha value is -2.12. The first kappa shape index (κ1) is 17.9. The van der Waals surface area contributed by atoms with Crippen LogP contribution >= 0.6 is 0 Å². The number of hydrogen-bond acceptors (Lipinski definition) is 5. The monoisotopic (exact) mass is 285 g/mol. The van der Waals surface area contributed by atoms with Crippen LogP contribution in [-0.2, 0) is 20.9 Å². The highest BCUT2D eigenvalue weighted by molar-refractivity contribution is 6.27. The van der Waals surface area contributed by atoms with E-state index in [2.05, 4.69) is 17.4 Å². The van der Waals surface area contributed by atoms with Crippen molar-refractivity contribution in [1.82, 2.24) is 5.32 Å². The van der Waals surface area contributed by atoms with Gasteiger partial charge >= 0.3 is 11.9 Å². The zero-order valence-electron chi connectivity index (χ0n) is 11.5. The van der Waals surface area contributed by atoms with Gasteiger partial charge in [0.1, 0.15) is 5.75 Å². The lowest BCUT2D eigenvalue weighted by molar-refractivity contribution is -0.159. The molecule has 0 aliphatic heterocycles. The van der Waals surface area contributed by atoms with E-state index in [1.54, 1.807) is 14.2 Å². The van der Waals surface area contributed by atoms with Crippen molar-refractivity contribution in [2.45, 2.75) is 6.54 Å². The normalized spacial score (nSPS) is 9.30. The molecule has 0 amide bonds. The lowest BCUT2D eigenvalue weighted by Gasteiger charge is -2.05. The van der Waals surface area contributed by atoms with Crippen molar-refractivity contribution in [3.8, 4) is 5.75 Å². The fraction of sp³-hybridized carbons (Fsp3) is 0.385. The van der Waals surface area contributed by atoms with E-state index < -0.39 is 11.9 Å². The second-order valence-corrected chi connectivity index (χ2v) is 3.63. The van der Waals surface area contributed by atoms with Crippen molar-refractivity contribution in [2.24, 2.45) is 0 Å².